The predicted octanol–water partition coefficient (Wildman–Crippen LogP) is 5.89. The summed E-state index contributed by atoms with van der Waals surface area (Å²) in [6.07, 6.45) is 2.83. The Morgan fingerprint density at radius 3 is 2.63 bits per heavy atom. The second kappa shape index (κ2) is 11.5. The first-order valence-corrected chi connectivity index (χ1v) is 11.4. The average Bonchev–Trinajstić information content (AvgIpc) is 3.26. The van der Waals surface area contributed by atoms with Crippen LogP contribution in [0.3, 0.4) is 0 Å². The Bertz CT molecular complexity index is 935. The minimum atomic E-state index is 0.730. The van der Waals surface area contributed by atoms with Crippen LogP contribution in [-0.4, -0.2) is 35.8 Å². The lowest BCUT2D eigenvalue weighted by Crippen LogP contribution is -2.22. The van der Waals surface area contributed by atoms with Crippen molar-refractivity contribution in [3.63, 3.8) is 0 Å². The number of ether oxygens (including phenoxy) is 1. The van der Waals surface area contributed by atoms with E-state index in [0.717, 1.165) is 60.4 Å². The molecule has 0 aliphatic rings. The number of nitrogens with zero attached hydrogens (tertiary/aromatic N) is 3. The number of aromatic nitrogens is 1. The molecule has 6 heteroatoms. The molecule has 0 aliphatic carbocycles. The summed E-state index contributed by atoms with van der Waals surface area (Å²) in [5.74, 6) is 0.960. The van der Waals surface area contributed by atoms with Crippen molar-refractivity contribution in [1.29, 1.82) is 0 Å². The molecule has 0 saturated heterocycles. The van der Waals surface area contributed by atoms with Crippen molar-refractivity contribution < 1.29 is 4.74 Å². The zero-order valence-electron chi connectivity index (χ0n) is 18.0. The summed E-state index contributed by atoms with van der Waals surface area (Å²) in [6.45, 7) is 10.1. The van der Waals surface area contributed by atoms with Gasteiger partial charge in [0.2, 0.25) is 5.13 Å². The van der Waals surface area contributed by atoms with Gasteiger partial charge < -0.3 is 4.74 Å². The van der Waals surface area contributed by atoms with E-state index >= 15 is 0 Å². The summed E-state index contributed by atoms with van der Waals surface area (Å²) in [5.41, 5.74) is 7.34. The van der Waals surface area contributed by atoms with Gasteiger partial charge in [-0.3, -0.25) is 10.3 Å². The monoisotopic (exact) mass is 422 g/mol. The summed E-state index contributed by atoms with van der Waals surface area (Å²) in [4.78, 5) is 6.99. The van der Waals surface area contributed by atoms with Crippen molar-refractivity contribution >= 4 is 22.7 Å². The molecule has 30 heavy (non-hydrogen) atoms. The van der Waals surface area contributed by atoms with E-state index in [2.05, 4.69) is 59.4 Å². The maximum absolute atomic E-state index is 5.95. The second-order valence-corrected chi connectivity index (χ2v) is 7.81. The summed E-state index contributed by atoms with van der Waals surface area (Å²) in [6, 6.07) is 16.4. The van der Waals surface area contributed by atoms with Crippen molar-refractivity contribution in [2.75, 3.05) is 25.1 Å². The smallest absolute Gasteiger partial charge is 0.203 e. The Balaban J connectivity index is 1.69. The number of hydrogen-bond donors (Lipinski definition) is 1. The van der Waals surface area contributed by atoms with E-state index in [9.17, 15) is 0 Å². The number of hydrazone groups is 1. The molecule has 0 atom stereocenters. The molecule has 5 nitrogen and oxygen atoms in total. The molecule has 0 radical (unpaired) electrons. The van der Waals surface area contributed by atoms with E-state index in [0.29, 0.717) is 0 Å². The predicted molar refractivity (Wildman–Crippen MR) is 128 cm³/mol. The van der Waals surface area contributed by atoms with E-state index in [1.54, 1.807) is 11.3 Å². The van der Waals surface area contributed by atoms with Gasteiger partial charge in [-0.1, -0.05) is 51.1 Å². The van der Waals surface area contributed by atoms with Gasteiger partial charge in [0, 0.05) is 23.1 Å². The van der Waals surface area contributed by atoms with E-state index in [1.807, 2.05) is 41.9 Å². The number of anilines is 1. The molecule has 0 aliphatic heterocycles. The van der Waals surface area contributed by atoms with Gasteiger partial charge in [-0.15, -0.1) is 11.3 Å². The molecule has 0 bridgehead atoms. The van der Waals surface area contributed by atoms with Crippen LogP contribution in [0.1, 0.15) is 38.3 Å². The molecule has 0 unspecified atom stereocenters. The topological polar surface area (TPSA) is 49.8 Å². The van der Waals surface area contributed by atoms with Gasteiger partial charge in [0.1, 0.15) is 5.75 Å². The quantitative estimate of drug-likeness (QED) is 0.309. The van der Waals surface area contributed by atoms with Gasteiger partial charge in [0.05, 0.1) is 18.5 Å². The van der Waals surface area contributed by atoms with Crippen LogP contribution in [0.5, 0.6) is 5.75 Å². The SMILES string of the molecule is CCCOc1ccc(C=NNc2nc(-c3ccccc3)cs2)cc1CN(CC)CC. The highest BCUT2D eigenvalue weighted by Crippen LogP contribution is 2.25. The van der Waals surface area contributed by atoms with Crippen LogP contribution in [0.15, 0.2) is 59.0 Å². The first-order valence-electron chi connectivity index (χ1n) is 10.5. The number of thiazole rings is 1. The minimum Gasteiger partial charge on any atom is -0.493 e. The highest BCUT2D eigenvalue weighted by Gasteiger charge is 2.09. The van der Waals surface area contributed by atoms with E-state index in [4.69, 9.17) is 4.74 Å². The molecule has 0 saturated carbocycles. The number of nitrogens with one attached hydrogen (secondary N) is 1. The molecule has 0 amide bonds. The molecule has 1 heterocycles. The fraction of sp³-hybridized carbons (Fsp3) is 0.333. The zero-order chi connectivity index (χ0) is 21.2. The maximum atomic E-state index is 5.95. The van der Waals surface area contributed by atoms with Crippen molar-refractivity contribution in [3.05, 3.63) is 65.0 Å². The molecule has 0 spiro atoms. The molecule has 2 aromatic carbocycles. The summed E-state index contributed by atoms with van der Waals surface area (Å²) in [5, 5.41) is 7.20. The molecular weight excluding hydrogens is 392 g/mol. The summed E-state index contributed by atoms with van der Waals surface area (Å²) >= 11 is 1.55. The molecular formula is C24H30N4OS. The van der Waals surface area contributed by atoms with Crippen LogP contribution in [0.4, 0.5) is 5.13 Å². The summed E-state index contributed by atoms with van der Waals surface area (Å²) < 4.78 is 5.95. The standard InChI is InChI=1S/C24H30N4OS/c1-4-14-29-23-13-12-19(15-21(23)17-28(5-2)6-3)16-25-27-24-26-22(18-30-24)20-10-8-7-9-11-20/h7-13,15-16,18H,4-6,14,17H2,1-3H3,(H,26,27). The van der Waals surface area contributed by atoms with E-state index < -0.39 is 0 Å². The maximum Gasteiger partial charge on any atom is 0.203 e. The third kappa shape index (κ3) is 6.15. The van der Waals surface area contributed by atoms with Crippen molar-refractivity contribution in [1.82, 2.24) is 9.88 Å². The Morgan fingerprint density at radius 1 is 1.10 bits per heavy atom. The van der Waals surface area contributed by atoms with E-state index in [1.165, 1.54) is 5.56 Å². The minimum absolute atomic E-state index is 0.730. The third-order valence-corrected chi connectivity index (χ3v) is 5.53. The molecule has 1 N–H and O–H groups in total. The first kappa shape index (κ1) is 22.0. The van der Waals surface area contributed by atoms with Crippen LogP contribution < -0.4 is 10.2 Å². The molecule has 3 aromatic rings. The van der Waals surface area contributed by atoms with Gasteiger partial charge >= 0.3 is 0 Å². The molecule has 158 valence electrons. The van der Waals surface area contributed by atoms with Crippen LogP contribution in [-0.2, 0) is 6.54 Å². The van der Waals surface area contributed by atoms with Gasteiger partial charge in [-0.05, 0) is 43.3 Å². The van der Waals surface area contributed by atoms with Crippen LogP contribution in [0.2, 0.25) is 0 Å². The zero-order valence-corrected chi connectivity index (χ0v) is 18.8. The fourth-order valence-corrected chi connectivity index (χ4v) is 3.74. The van der Waals surface area contributed by atoms with E-state index in [-0.39, 0.29) is 0 Å². The van der Waals surface area contributed by atoms with Gasteiger partial charge in [-0.2, -0.15) is 5.10 Å². The molecule has 0 fully saturated rings. The van der Waals surface area contributed by atoms with Gasteiger partial charge in [0.25, 0.3) is 0 Å². The normalized spacial score (nSPS) is 11.3. The lowest BCUT2D eigenvalue weighted by molar-refractivity contribution is 0.277. The fourth-order valence-electron chi connectivity index (χ4n) is 3.07. The van der Waals surface area contributed by atoms with Crippen molar-refractivity contribution in [3.8, 4) is 17.0 Å². The molecule has 1 aromatic heterocycles. The van der Waals surface area contributed by atoms with Gasteiger partial charge in [0.15, 0.2) is 0 Å². The molecule has 3 rings (SSSR count). The summed E-state index contributed by atoms with van der Waals surface area (Å²) in [7, 11) is 0. The Morgan fingerprint density at radius 2 is 1.90 bits per heavy atom. The first-order chi connectivity index (χ1) is 14.7. The largest absolute Gasteiger partial charge is 0.493 e. The highest BCUT2D eigenvalue weighted by molar-refractivity contribution is 7.14. The van der Waals surface area contributed by atoms with Crippen molar-refractivity contribution in [2.24, 2.45) is 5.10 Å². The highest BCUT2D eigenvalue weighted by atomic mass is 32.1. The van der Waals surface area contributed by atoms with Crippen LogP contribution in [0.25, 0.3) is 11.3 Å². The van der Waals surface area contributed by atoms with Crippen LogP contribution >= 0.6 is 11.3 Å². The van der Waals surface area contributed by atoms with Gasteiger partial charge in [-0.25, -0.2) is 4.98 Å². The Kier molecular flexibility index (Phi) is 8.41. The lowest BCUT2D eigenvalue weighted by atomic mass is 10.1. The Hall–Kier alpha value is -2.70. The average molecular weight is 423 g/mol. The van der Waals surface area contributed by atoms with Crippen LogP contribution in [0, 0.1) is 0 Å². The lowest BCUT2D eigenvalue weighted by Gasteiger charge is -2.20. The second-order valence-electron chi connectivity index (χ2n) is 6.95. The number of hydrogen-bond acceptors (Lipinski definition) is 6. The Labute approximate surface area is 183 Å². The number of benzene rings is 2. The number of rotatable bonds is 11. The van der Waals surface area contributed by atoms with Crippen molar-refractivity contribution in [2.45, 2.75) is 33.7 Å². The third-order valence-electron chi connectivity index (χ3n) is 4.78.